The molecule has 4 nitrogen and oxygen atoms in total. The quantitative estimate of drug-likeness (QED) is 0.483. The van der Waals surface area contributed by atoms with Gasteiger partial charge < -0.3 is 13.7 Å². The summed E-state index contributed by atoms with van der Waals surface area (Å²) in [5.41, 5.74) is 1.68. The summed E-state index contributed by atoms with van der Waals surface area (Å²) in [5, 5.41) is 1.67. The van der Waals surface area contributed by atoms with Crippen LogP contribution < -0.4 is 4.74 Å². The molecule has 2 aromatic heterocycles. The molecule has 0 saturated heterocycles. The third-order valence-corrected chi connectivity index (χ3v) is 4.38. The first-order chi connectivity index (χ1) is 11.8. The number of fused-ring (bicyclic) bond motifs is 1. The molecule has 2 aromatic carbocycles. The molecule has 25 heavy (non-hydrogen) atoms. The lowest BCUT2D eigenvalue weighted by molar-refractivity contribution is 0.404. The fourth-order valence-corrected chi connectivity index (χ4v) is 3.17. The summed E-state index contributed by atoms with van der Waals surface area (Å²) in [7, 11) is 1.64. The molecule has 1 atom stereocenters. The number of hydrogen-bond donors (Lipinski definition) is 0. The van der Waals surface area contributed by atoms with E-state index in [0.717, 1.165) is 22.3 Å². The standard InChI is InChI=1S/C19H15ClN2O2.ClH/c1-23-16-8-4-5-13-11-17(24-19(13)16)18(22-10-9-21-12-22)14-6-2-3-7-15(14)20;/h2-12,18H,1H3;1H. The summed E-state index contributed by atoms with van der Waals surface area (Å²) >= 11 is 6.44. The van der Waals surface area contributed by atoms with Crippen LogP contribution in [-0.2, 0) is 0 Å². The zero-order valence-corrected chi connectivity index (χ0v) is 15.0. The van der Waals surface area contributed by atoms with Gasteiger partial charge in [0.15, 0.2) is 11.3 Å². The minimum Gasteiger partial charge on any atom is -0.493 e. The molecule has 128 valence electrons. The van der Waals surface area contributed by atoms with Crippen LogP contribution in [0.2, 0.25) is 5.02 Å². The number of rotatable bonds is 4. The highest BCUT2D eigenvalue weighted by Crippen LogP contribution is 2.37. The highest BCUT2D eigenvalue weighted by atomic mass is 35.5. The van der Waals surface area contributed by atoms with Crippen molar-refractivity contribution in [3.05, 3.63) is 83.6 Å². The molecule has 0 N–H and O–H groups in total. The molecule has 2 heterocycles. The molecule has 0 amide bonds. The number of furan rings is 1. The highest BCUT2D eigenvalue weighted by Gasteiger charge is 2.23. The van der Waals surface area contributed by atoms with E-state index in [1.165, 1.54) is 0 Å². The van der Waals surface area contributed by atoms with Crippen molar-refractivity contribution in [2.75, 3.05) is 7.11 Å². The number of hydrogen-bond acceptors (Lipinski definition) is 3. The summed E-state index contributed by atoms with van der Waals surface area (Å²) in [6, 6.07) is 15.4. The minimum absolute atomic E-state index is 0. The maximum absolute atomic E-state index is 6.44. The van der Waals surface area contributed by atoms with Crippen LogP contribution in [0.4, 0.5) is 0 Å². The number of aromatic nitrogens is 2. The van der Waals surface area contributed by atoms with Crippen molar-refractivity contribution in [2.24, 2.45) is 0 Å². The Kier molecular flexibility index (Phi) is 5.02. The van der Waals surface area contributed by atoms with Crippen molar-refractivity contribution < 1.29 is 9.15 Å². The fraction of sp³-hybridized carbons (Fsp3) is 0.105. The normalized spacial score (nSPS) is 11.9. The Labute approximate surface area is 156 Å². The van der Waals surface area contributed by atoms with Crippen molar-refractivity contribution in [2.45, 2.75) is 6.04 Å². The fourth-order valence-electron chi connectivity index (χ4n) is 2.93. The van der Waals surface area contributed by atoms with Gasteiger partial charge in [0, 0.05) is 28.4 Å². The van der Waals surface area contributed by atoms with E-state index < -0.39 is 0 Å². The Morgan fingerprint density at radius 1 is 1.16 bits per heavy atom. The second-order valence-electron chi connectivity index (χ2n) is 5.46. The van der Waals surface area contributed by atoms with Gasteiger partial charge >= 0.3 is 0 Å². The minimum atomic E-state index is -0.196. The maximum Gasteiger partial charge on any atom is 0.176 e. The SMILES string of the molecule is COc1cccc2cc(C(c3ccccc3Cl)n3ccnc3)oc12.Cl. The lowest BCUT2D eigenvalue weighted by Crippen LogP contribution is -2.10. The van der Waals surface area contributed by atoms with Crippen molar-refractivity contribution in [3.63, 3.8) is 0 Å². The number of halogens is 2. The maximum atomic E-state index is 6.44. The number of nitrogens with zero attached hydrogens (tertiary/aromatic N) is 2. The van der Waals surface area contributed by atoms with Gasteiger partial charge in [0.25, 0.3) is 0 Å². The zero-order valence-electron chi connectivity index (χ0n) is 13.4. The van der Waals surface area contributed by atoms with Crippen LogP contribution in [0.5, 0.6) is 5.75 Å². The van der Waals surface area contributed by atoms with Gasteiger partial charge in [0.05, 0.1) is 13.4 Å². The average Bonchev–Trinajstić information content (AvgIpc) is 3.26. The molecule has 0 aliphatic rings. The van der Waals surface area contributed by atoms with E-state index in [1.54, 1.807) is 19.6 Å². The Balaban J connectivity index is 0.00000182. The van der Waals surface area contributed by atoms with E-state index in [2.05, 4.69) is 4.98 Å². The molecule has 0 aliphatic heterocycles. The van der Waals surface area contributed by atoms with E-state index in [9.17, 15) is 0 Å². The van der Waals surface area contributed by atoms with Crippen molar-refractivity contribution in [1.82, 2.24) is 9.55 Å². The Hall–Kier alpha value is -2.43. The van der Waals surface area contributed by atoms with Gasteiger partial charge in [-0.15, -0.1) is 12.4 Å². The average molecular weight is 375 g/mol. The molecule has 4 aromatic rings. The number of ether oxygens (including phenoxy) is 1. The highest BCUT2D eigenvalue weighted by molar-refractivity contribution is 6.31. The van der Waals surface area contributed by atoms with Gasteiger partial charge in [-0.05, 0) is 18.2 Å². The van der Waals surface area contributed by atoms with E-state index in [1.807, 2.05) is 59.3 Å². The summed E-state index contributed by atoms with van der Waals surface area (Å²) in [6.45, 7) is 0. The monoisotopic (exact) mass is 374 g/mol. The Morgan fingerprint density at radius 3 is 2.72 bits per heavy atom. The van der Waals surface area contributed by atoms with E-state index in [0.29, 0.717) is 10.8 Å². The first-order valence-corrected chi connectivity index (χ1v) is 7.94. The smallest absolute Gasteiger partial charge is 0.176 e. The largest absolute Gasteiger partial charge is 0.493 e. The summed E-state index contributed by atoms with van der Waals surface area (Å²) in [5.74, 6) is 1.49. The van der Waals surface area contributed by atoms with E-state index in [-0.39, 0.29) is 18.4 Å². The van der Waals surface area contributed by atoms with Gasteiger partial charge in [-0.25, -0.2) is 4.98 Å². The molecule has 0 saturated carbocycles. The zero-order chi connectivity index (χ0) is 16.5. The number of para-hydroxylation sites is 1. The second kappa shape index (κ2) is 7.21. The van der Waals surface area contributed by atoms with Crippen LogP contribution >= 0.6 is 24.0 Å². The van der Waals surface area contributed by atoms with Crippen LogP contribution in [0.25, 0.3) is 11.0 Å². The summed E-state index contributed by atoms with van der Waals surface area (Å²) in [4.78, 5) is 4.16. The lowest BCUT2D eigenvalue weighted by Gasteiger charge is -2.18. The molecule has 1 unspecified atom stereocenters. The molecule has 6 heteroatoms. The van der Waals surface area contributed by atoms with Crippen molar-refractivity contribution in [3.8, 4) is 5.75 Å². The molecule has 0 fully saturated rings. The third-order valence-electron chi connectivity index (χ3n) is 4.04. The van der Waals surface area contributed by atoms with Crippen LogP contribution in [-0.4, -0.2) is 16.7 Å². The number of imidazole rings is 1. The molecule has 0 radical (unpaired) electrons. The van der Waals surface area contributed by atoms with Crippen LogP contribution in [0, 0.1) is 0 Å². The van der Waals surface area contributed by atoms with Gasteiger partial charge in [0.1, 0.15) is 11.8 Å². The third kappa shape index (κ3) is 3.11. The van der Waals surface area contributed by atoms with E-state index in [4.69, 9.17) is 20.8 Å². The topological polar surface area (TPSA) is 40.2 Å². The van der Waals surface area contributed by atoms with Gasteiger partial charge in [-0.3, -0.25) is 0 Å². The Bertz CT molecular complexity index is 980. The van der Waals surface area contributed by atoms with Crippen LogP contribution in [0.3, 0.4) is 0 Å². The molecule has 0 bridgehead atoms. The van der Waals surface area contributed by atoms with Crippen LogP contribution in [0.1, 0.15) is 17.4 Å². The second-order valence-corrected chi connectivity index (χ2v) is 5.87. The molecule has 4 rings (SSSR count). The van der Waals surface area contributed by atoms with Crippen molar-refractivity contribution >= 4 is 35.0 Å². The lowest BCUT2D eigenvalue weighted by atomic mass is 10.0. The van der Waals surface area contributed by atoms with Crippen LogP contribution in [0.15, 0.2) is 71.7 Å². The first-order valence-electron chi connectivity index (χ1n) is 7.56. The first kappa shape index (κ1) is 17.4. The molecule has 0 aliphatic carbocycles. The van der Waals surface area contributed by atoms with Gasteiger partial charge in [-0.1, -0.05) is 41.9 Å². The summed E-state index contributed by atoms with van der Waals surface area (Å²) < 4.78 is 13.5. The predicted octanol–water partition coefficient (Wildman–Crippen LogP) is 5.35. The van der Waals surface area contributed by atoms with Gasteiger partial charge in [-0.2, -0.15) is 0 Å². The van der Waals surface area contributed by atoms with E-state index >= 15 is 0 Å². The molecular weight excluding hydrogens is 359 g/mol. The molecular formula is C19H16Cl2N2O2. The Morgan fingerprint density at radius 2 is 2.00 bits per heavy atom. The van der Waals surface area contributed by atoms with Gasteiger partial charge in [0.2, 0.25) is 0 Å². The van der Waals surface area contributed by atoms with Crippen molar-refractivity contribution in [1.29, 1.82) is 0 Å². The molecule has 0 spiro atoms. The number of benzene rings is 2. The number of methoxy groups -OCH3 is 1. The summed E-state index contributed by atoms with van der Waals surface area (Å²) in [6.07, 6.45) is 5.41. The predicted molar refractivity (Wildman–Crippen MR) is 101 cm³/mol.